The Labute approximate surface area is 120 Å². The maximum absolute atomic E-state index is 5.27. The van der Waals surface area contributed by atoms with Gasteiger partial charge in [-0.1, -0.05) is 0 Å². The lowest BCUT2D eigenvalue weighted by atomic mass is 10.3. The first-order valence-corrected chi connectivity index (χ1v) is 6.51. The summed E-state index contributed by atoms with van der Waals surface area (Å²) in [5, 5.41) is 6.38. The summed E-state index contributed by atoms with van der Waals surface area (Å²) in [4.78, 5) is 4.39. The Morgan fingerprint density at radius 1 is 1.15 bits per heavy atom. The molecular weight excluding hydrogens is 258 g/mol. The fraction of sp³-hybridized carbons (Fsp3) is 0.500. The number of nitrogens with zero attached hydrogens (tertiary/aromatic N) is 1. The molecule has 0 saturated carbocycles. The Morgan fingerprint density at radius 2 is 1.90 bits per heavy atom. The van der Waals surface area contributed by atoms with E-state index < -0.39 is 0 Å². The zero-order valence-electron chi connectivity index (χ0n) is 12.5. The van der Waals surface area contributed by atoms with Crippen LogP contribution in [0, 0.1) is 0 Å². The van der Waals surface area contributed by atoms with Gasteiger partial charge in [-0.25, -0.2) is 0 Å². The van der Waals surface area contributed by atoms with Crippen LogP contribution in [0.15, 0.2) is 23.2 Å². The van der Waals surface area contributed by atoms with Gasteiger partial charge in [0, 0.05) is 25.4 Å². The molecule has 6 nitrogen and oxygen atoms in total. The van der Waals surface area contributed by atoms with Crippen molar-refractivity contribution in [3.8, 4) is 11.5 Å². The second-order valence-electron chi connectivity index (χ2n) is 3.95. The normalized spacial score (nSPS) is 11.1. The lowest BCUT2D eigenvalue weighted by Gasteiger charge is -2.13. The SMILES string of the molecule is CCNC(=NCCOC)Nc1ccc(OC)c(OC)c1. The van der Waals surface area contributed by atoms with E-state index in [1.54, 1.807) is 21.3 Å². The summed E-state index contributed by atoms with van der Waals surface area (Å²) in [5.41, 5.74) is 0.875. The van der Waals surface area contributed by atoms with Crippen LogP contribution in [0.2, 0.25) is 0 Å². The van der Waals surface area contributed by atoms with E-state index >= 15 is 0 Å². The number of aliphatic imine (C=N–C) groups is 1. The predicted molar refractivity (Wildman–Crippen MR) is 81.0 cm³/mol. The molecule has 0 aliphatic carbocycles. The van der Waals surface area contributed by atoms with Crippen LogP contribution in [-0.4, -0.2) is 47.0 Å². The maximum atomic E-state index is 5.27. The van der Waals surface area contributed by atoms with Crippen molar-refractivity contribution in [2.24, 2.45) is 4.99 Å². The number of methoxy groups -OCH3 is 3. The second kappa shape index (κ2) is 9.03. The van der Waals surface area contributed by atoms with Crippen molar-refractivity contribution in [2.45, 2.75) is 6.92 Å². The summed E-state index contributed by atoms with van der Waals surface area (Å²) >= 11 is 0. The largest absolute Gasteiger partial charge is 0.493 e. The van der Waals surface area contributed by atoms with Crippen LogP contribution in [0.1, 0.15) is 6.92 Å². The third-order valence-electron chi connectivity index (χ3n) is 2.56. The van der Waals surface area contributed by atoms with Crippen LogP contribution in [-0.2, 0) is 4.74 Å². The van der Waals surface area contributed by atoms with Crippen molar-refractivity contribution in [1.29, 1.82) is 0 Å². The second-order valence-corrected chi connectivity index (χ2v) is 3.95. The maximum Gasteiger partial charge on any atom is 0.195 e. The van der Waals surface area contributed by atoms with Crippen LogP contribution >= 0.6 is 0 Å². The quantitative estimate of drug-likeness (QED) is 0.453. The van der Waals surface area contributed by atoms with Gasteiger partial charge in [0.05, 0.1) is 27.4 Å². The van der Waals surface area contributed by atoms with E-state index in [-0.39, 0.29) is 0 Å². The van der Waals surface area contributed by atoms with Crippen molar-refractivity contribution in [1.82, 2.24) is 5.32 Å². The minimum atomic E-state index is 0.586. The highest BCUT2D eigenvalue weighted by molar-refractivity contribution is 5.93. The molecule has 0 bridgehead atoms. The van der Waals surface area contributed by atoms with Gasteiger partial charge in [-0.3, -0.25) is 4.99 Å². The summed E-state index contributed by atoms with van der Waals surface area (Å²) in [5.74, 6) is 2.07. The summed E-state index contributed by atoms with van der Waals surface area (Å²) in [7, 11) is 4.88. The standard InChI is InChI=1S/C14H23N3O3/c1-5-15-14(16-8-9-18-2)17-11-6-7-12(19-3)13(10-11)20-4/h6-7,10H,5,8-9H2,1-4H3,(H2,15,16,17). The van der Waals surface area contributed by atoms with Crippen LogP contribution in [0.3, 0.4) is 0 Å². The molecule has 0 heterocycles. The number of hydrogen-bond donors (Lipinski definition) is 2. The molecule has 0 spiro atoms. The topological polar surface area (TPSA) is 64.1 Å². The van der Waals surface area contributed by atoms with E-state index in [0.29, 0.717) is 30.6 Å². The van der Waals surface area contributed by atoms with Gasteiger partial charge >= 0.3 is 0 Å². The van der Waals surface area contributed by atoms with E-state index in [9.17, 15) is 0 Å². The van der Waals surface area contributed by atoms with Crippen molar-refractivity contribution < 1.29 is 14.2 Å². The zero-order chi connectivity index (χ0) is 14.8. The first kappa shape index (κ1) is 16.1. The summed E-state index contributed by atoms with van der Waals surface area (Å²) in [6, 6.07) is 5.62. The van der Waals surface area contributed by atoms with E-state index in [2.05, 4.69) is 15.6 Å². The van der Waals surface area contributed by atoms with Gasteiger partial charge < -0.3 is 24.8 Å². The number of benzene rings is 1. The van der Waals surface area contributed by atoms with Crippen molar-refractivity contribution in [3.63, 3.8) is 0 Å². The molecule has 112 valence electrons. The van der Waals surface area contributed by atoms with Gasteiger partial charge in [0.2, 0.25) is 0 Å². The highest BCUT2D eigenvalue weighted by atomic mass is 16.5. The van der Waals surface area contributed by atoms with Crippen LogP contribution < -0.4 is 20.1 Å². The molecule has 0 radical (unpaired) electrons. The number of anilines is 1. The molecule has 0 amide bonds. The van der Waals surface area contributed by atoms with E-state index in [1.807, 2.05) is 25.1 Å². The van der Waals surface area contributed by atoms with Gasteiger partial charge in [0.15, 0.2) is 17.5 Å². The van der Waals surface area contributed by atoms with Crippen molar-refractivity contribution >= 4 is 11.6 Å². The minimum Gasteiger partial charge on any atom is -0.493 e. The monoisotopic (exact) mass is 281 g/mol. The first-order valence-electron chi connectivity index (χ1n) is 6.51. The van der Waals surface area contributed by atoms with Gasteiger partial charge in [0.1, 0.15) is 0 Å². The first-order chi connectivity index (χ1) is 9.74. The Morgan fingerprint density at radius 3 is 2.50 bits per heavy atom. The van der Waals surface area contributed by atoms with Crippen LogP contribution in [0.25, 0.3) is 0 Å². The molecule has 0 unspecified atom stereocenters. The molecule has 0 fully saturated rings. The molecule has 0 saturated heterocycles. The number of ether oxygens (including phenoxy) is 3. The summed E-state index contributed by atoms with van der Waals surface area (Å²) in [6.07, 6.45) is 0. The van der Waals surface area contributed by atoms with Gasteiger partial charge in [-0.15, -0.1) is 0 Å². The number of hydrogen-bond acceptors (Lipinski definition) is 4. The lowest BCUT2D eigenvalue weighted by Crippen LogP contribution is -2.31. The number of rotatable bonds is 7. The van der Waals surface area contributed by atoms with Gasteiger partial charge in [-0.2, -0.15) is 0 Å². The van der Waals surface area contributed by atoms with E-state index in [4.69, 9.17) is 14.2 Å². The lowest BCUT2D eigenvalue weighted by molar-refractivity contribution is 0.208. The smallest absolute Gasteiger partial charge is 0.195 e. The van der Waals surface area contributed by atoms with Crippen molar-refractivity contribution in [2.75, 3.05) is 46.3 Å². The molecule has 0 aliphatic heterocycles. The Kier molecular flexibility index (Phi) is 7.27. The Balaban J connectivity index is 2.79. The average Bonchev–Trinajstić information content (AvgIpc) is 2.47. The van der Waals surface area contributed by atoms with Crippen LogP contribution in [0.5, 0.6) is 11.5 Å². The fourth-order valence-corrected chi connectivity index (χ4v) is 1.61. The zero-order valence-corrected chi connectivity index (χ0v) is 12.5. The van der Waals surface area contributed by atoms with E-state index in [0.717, 1.165) is 12.2 Å². The minimum absolute atomic E-state index is 0.586. The average molecular weight is 281 g/mol. The summed E-state index contributed by atoms with van der Waals surface area (Å²) in [6.45, 7) is 3.98. The molecule has 1 rings (SSSR count). The molecule has 1 aromatic rings. The van der Waals surface area contributed by atoms with Gasteiger partial charge in [0.25, 0.3) is 0 Å². The molecule has 20 heavy (non-hydrogen) atoms. The highest BCUT2D eigenvalue weighted by Crippen LogP contribution is 2.29. The number of guanidine groups is 1. The van der Waals surface area contributed by atoms with E-state index in [1.165, 1.54) is 0 Å². The Hall–Kier alpha value is -1.95. The Bertz CT molecular complexity index is 436. The molecule has 0 aliphatic rings. The third kappa shape index (κ3) is 4.97. The highest BCUT2D eigenvalue weighted by Gasteiger charge is 2.05. The molecule has 6 heteroatoms. The molecule has 0 aromatic heterocycles. The number of nitrogens with one attached hydrogen (secondary N) is 2. The van der Waals surface area contributed by atoms with Gasteiger partial charge in [-0.05, 0) is 19.1 Å². The molecular formula is C14H23N3O3. The molecule has 0 atom stereocenters. The van der Waals surface area contributed by atoms with Crippen LogP contribution in [0.4, 0.5) is 5.69 Å². The fourth-order valence-electron chi connectivity index (χ4n) is 1.61. The predicted octanol–water partition coefficient (Wildman–Crippen LogP) is 1.73. The van der Waals surface area contributed by atoms with Crippen molar-refractivity contribution in [3.05, 3.63) is 18.2 Å². The third-order valence-corrected chi connectivity index (χ3v) is 2.56. The summed E-state index contributed by atoms with van der Waals surface area (Å²) < 4.78 is 15.5. The molecule has 1 aromatic carbocycles. The molecule has 2 N–H and O–H groups in total.